The number of aryl methyl sites for hydroxylation is 1. The number of nitrogens with zero attached hydrogens (tertiary/aromatic N) is 3. The molecule has 0 fully saturated rings. The van der Waals surface area contributed by atoms with Crippen molar-refractivity contribution < 1.29 is 0 Å². The van der Waals surface area contributed by atoms with Crippen molar-refractivity contribution in [3.8, 4) is 28.2 Å². The van der Waals surface area contributed by atoms with Crippen molar-refractivity contribution in [2.24, 2.45) is 0 Å². The lowest BCUT2D eigenvalue weighted by molar-refractivity contribution is 0.888. The van der Waals surface area contributed by atoms with E-state index >= 15 is 0 Å². The number of rotatable bonds is 4. The Hall–Kier alpha value is -7.10. The highest BCUT2D eigenvalue weighted by Gasteiger charge is 2.21. The predicted octanol–water partition coefficient (Wildman–Crippen LogP) is 13.9. The van der Waals surface area contributed by atoms with E-state index in [4.69, 9.17) is 0 Å². The molecule has 0 amide bonds. The monoisotopic (exact) mass is 715 g/mol. The van der Waals surface area contributed by atoms with E-state index in [2.05, 4.69) is 203 Å². The third kappa shape index (κ3) is 4.52. The average Bonchev–Trinajstić information content (AvgIpc) is 3.89. The summed E-state index contributed by atoms with van der Waals surface area (Å²) in [4.78, 5) is 0. The van der Waals surface area contributed by atoms with E-state index in [0.717, 1.165) is 24.2 Å². The van der Waals surface area contributed by atoms with Crippen LogP contribution in [0.15, 0.2) is 176 Å². The van der Waals surface area contributed by atoms with Crippen molar-refractivity contribution >= 4 is 71.4 Å². The molecule has 3 heterocycles. The Labute approximate surface area is 324 Å². The molecule has 0 aliphatic heterocycles. The lowest BCUT2D eigenvalue weighted by Gasteiger charge is -2.14. The Balaban J connectivity index is 1.03. The first-order valence-electron chi connectivity index (χ1n) is 19.7. The Kier molecular flexibility index (Phi) is 6.67. The molecule has 1 aliphatic rings. The van der Waals surface area contributed by atoms with Gasteiger partial charge < -0.3 is 13.7 Å². The van der Waals surface area contributed by atoms with Crippen LogP contribution in [0.4, 0.5) is 0 Å². The van der Waals surface area contributed by atoms with Gasteiger partial charge in [0.05, 0.1) is 27.6 Å². The Morgan fingerprint density at radius 2 is 1.04 bits per heavy atom. The molecule has 11 aromatic rings. The molecule has 3 aromatic heterocycles. The van der Waals surface area contributed by atoms with Crippen molar-refractivity contribution in [2.45, 2.75) is 19.8 Å². The molecule has 56 heavy (non-hydrogen) atoms. The molecule has 0 unspecified atom stereocenters. The smallest absolute Gasteiger partial charge is 0.0619 e. The maximum absolute atomic E-state index is 2.48. The van der Waals surface area contributed by atoms with Gasteiger partial charge in [0.2, 0.25) is 0 Å². The highest BCUT2D eigenvalue weighted by molar-refractivity contribution is 6.18. The van der Waals surface area contributed by atoms with Crippen LogP contribution in [0.25, 0.3) is 99.6 Å². The SMILES string of the molecule is Cc1ccc(-n2c3c(c4cc(-c5ccc6c(c5)c5ccccc5n6-c5cccc(-n6c7ccccc7c7ccc8ccccc8c76)c5)ccc42)C=CCC3)cc1. The van der Waals surface area contributed by atoms with Crippen LogP contribution < -0.4 is 0 Å². The van der Waals surface area contributed by atoms with Crippen LogP contribution in [0.5, 0.6) is 0 Å². The molecule has 0 N–H and O–H groups in total. The third-order valence-corrected chi connectivity index (χ3v) is 12.1. The van der Waals surface area contributed by atoms with Gasteiger partial charge in [-0.3, -0.25) is 0 Å². The largest absolute Gasteiger partial charge is 0.313 e. The highest BCUT2D eigenvalue weighted by Crippen LogP contribution is 2.41. The van der Waals surface area contributed by atoms with Crippen LogP contribution in [0.2, 0.25) is 0 Å². The molecule has 0 radical (unpaired) electrons. The number of hydrogen-bond acceptors (Lipinski definition) is 0. The summed E-state index contributed by atoms with van der Waals surface area (Å²) in [5, 5.41) is 8.87. The van der Waals surface area contributed by atoms with E-state index in [1.165, 1.54) is 98.9 Å². The zero-order valence-electron chi connectivity index (χ0n) is 31.1. The number of benzene rings is 8. The molecular weight excluding hydrogens is 679 g/mol. The summed E-state index contributed by atoms with van der Waals surface area (Å²) in [5.74, 6) is 0. The minimum absolute atomic E-state index is 1.05. The minimum atomic E-state index is 1.05. The van der Waals surface area contributed by atoms with Crippen LogP contribution in [0, 0.1) is 6.92 Å². The van der Waals surface area contributed by atoms with Crippen LogP contribution in [-0.2, 0) is 6.42 Å². The van der Waals surface area contributed by atoms with Gasteiger partial charge in [-0.05, 0) is 103 Å². The summed E-state index contributed by atoms with van der Waals surface area (Å²) in [5.41, 5.74) is 16.1. The van der Waals surface area contributed by atoms with Crippen molar-refractivity contribution in [3.63, 3.8) is 0 Å². The van der Waals surface area contributed by atoms with Crippen molar-refractivity contribution in [2.75, 3.05) is 0 Å². The van der Waals surface area contributed by atoms with Gasteiger partial charge in [0, 0.05) is 60.6 Å². The van der Waals surface area contributed by atoms with Gasteiger partial charge in [-0.1, -0.05) is 121 Å². The summed E-state index contributed by atoms with van der Waals surface area (Å²) >= 11 is 0. The summed E-state index contributed by atoms with van der Waals surface area (Å²) in [6, 6.07) is 63.0. The fourth-order valence-electron chi connectivity index (χ4n) is 9.59. The molecule has 0 bridgehead atoms. The second-order valence-electron chi connectivity index (χ2n) is 15.3. The minimum Gasteiger partial charge on any atom is -0.313 e. The fourth-order valence-corrected chi connectivity index (χ4v) is 9.59. The highest BCUT2D eigenvalue weighted by atomic mass is 15.0. The molecular formula is C53H37N3. The lowest BCUT2D eigenvalue weighted by Crippen LogP contribution is -2.02. The van der Waals surface area contributed by atoms with Gasteiger partial charge >= 0.3 is 0 Å². The summed E-state index contributed by atoms with van der Waals surface area (Å²) in [6.07, 6.45) is 6.78. The molecule has 12 rings (SSSR count). The van der Waals surface area contributed by atoms with Gasteiger partial charge in [0.15, 0.2) is 0 Å². The first kappa shape index (κ1) is 31.3. The molecule has 0 saturated carbocycles. The van der Waals surface area contributed by atoms with Crippen LogP contribution in [-0.4, -0.2) is 13.7 Å². The van der Waals surface area contributed by atoms with Gasteiger partial charge in [-0.15, -0.1) is 0 Å². The van der Waals surface area contributed by atoms with Crippen molar-refractivity contribution in [1.82, 2.24) is 13.7 Å². The first-order valence-corrected chi connectivity index (χ1v) is 19.7. The van der Waals surface area contributed by atoms with Crippen molar-refractivity contribution in [3.05, 3.63) is 193 Å². The number of allylic oxidation sites excluding steroid dienone is 1. The van der Waals surface area contributed by atoms with Gasteiger partial charge in [-0.2, -0.15) is 0 Å². The number of para-hydroxylation sites is 2. The summed E-state index contributed by atoms with van der Waals surface area (Å²) < 4.78 is 7.37. The molecule has 0 atom stereocenters. The Morgan fingerprint density at radius 3 is 1.82 bits per heavy atom. The molecule has 0 saturated heterocycles. The second kappa shape index (κ2) is 11.9. The number of fused-ring (bicyclic) bond motifs is 11. The fraction of sp³-hybridized carbons (Fsp3) is 0.0566. The zero-order valence-corrected chi connectivity index (χ0v) is 31.1. The Bertz CT molecular complexity index is 3420. The molecule has 8 aromatic carbocycles. The average molecular weight is 716 g/mol. The Morgan fingerprint density at radius 1 is 0.411 bits per heavy atom. The zero-order chi connectivity index (χ0) is 36.9. The van der Waals surface area contributed by atoms with Gasteiger partial charge in [0.25, 0.3) is 0 Å². The van der Waals surface area contributed by atoms with Gasteiger partial charge in [-0.25, -0.2) is 0 Å². The second-order valence-corrected chi connectivity index (χ2v) is 15.3. The normalized spacial score (nSPS) is 12.9. The maximum atomic E-state index is 2.48. The van der Waals surface area contributed by atoms with E-state index < -0.39 is 0 Å². The number of aromatic nitrogens is 3. The lowest BCUT2D eigenvalue weighted by atomic mass is 9.98. The quantitative estimate of drug-likeness (QED) is 0.172. The van der Waals surface area contributed by atoms with E-state index in [0.29, 0.717) is 0 Å². The topological polar surface area (TPSA) is 14.8 Å². The van der Waals surface area contributed by atoms with Gasteiger partial charge in [0.1, 0.15) is 0 Å². The maximum Gasteiger partial charge on any atom is 0.0619 e. The summed E-state index contributed by atoms with van der Waals surface area (Å²) in [6.45, 7) is 2.15. The summed E-state index contributed by atoms with van der Waals surface area (Å²) in [7, 11) is 0. The standard InChI is InChI=1S/C53H37N3/c1-34-21-26-38(27-22-34)54-48-18-7-5-16-43(48)46-31-36(24-29-51(46)54)37-25-30-52-47(32-37)44-17-6-8-19-49(44)55(52)39-12-10-13-40(33-39)56-50-20-9-4-15-42(50)45-28-23-35-11-2-3-14-41(35)53(45)56/h2-6,8-17,19-33H,7,18H2,1H3. The molecule has 0 spiro atoms. The molecule has 3 heteroatoms. The van der Waals surface area contributed by atoms with E-state index in [-0.39, 0.29) is 0 Å². The first-order chi connectivity index (χ1) is 27.7. The van der Waals surface area contributed by atoms with Crippen LogP contribution >= 0.6 is 0 Å². The predicted molar refractivity (Wildman–Crippen MR) is 237 cm³/mol. The van der Waals surface area contributed by atoms with E-state index in [9.17, 15) is 0 Å². The third-order valence-electron chi connectivity index (χ3n) is 12.1. The number of hydrogen-bond donors (Lipinski definition) is 0. The van der Waals surface area contributed by atoms with E-state index in [1.54, 1.807) is 0 Å². The van der Waals surface area contributed by atoms with Crippen molar-refractivity contribution in [1.29, 1.82) is 0 Å². The van der Waals surface area contributed by atoms with Crippen LogP contribution in [0.1, 0.15) is 23.2 Å². The van der Waals surface area contributed by atoms with Crippen LogP contribution in [0.3, 0.4) is 0 Å². The molecule has 1 aliphatic carbocycles. The molecule has 3 nitrogen and oxygen atoms in total. The van der Waals surface area contributed by atoms with E-state index in [1.807, 2.05) is 0 Å². The molecule has 264 valence electrons.